The van der Waals surface area contributed by atoms with Gasteiger partial charge in [0.05, 0.1) is 0 Å². The minimum absolute atomic E-state index is 0.321. The first-order chi connectivity index (χ1) is 17.6. The summed E-state index contributed by atoms with van der Waals surface area (Å²) in [5.41, 5.74) is 4.60. The van der Waals surface area contributed by atoms with E-state index in [1.165, 1.54) is 88.2 Å². The Labute approximate surface area is 218 Å². The molecule has 0 N–H and O–H groups in total. The number of halogens is 2. The third-order valence-electron chi connectivity index (χ3n) is 7.25. The fourth-order valence-corrected chi connectivity index (χ4v) is 4.92. The molecule has 0 amide bonds. The normalized spacial score (nSPS) is 11.2. The molecule has 0 heterocycles. The van der Waals surface area contributed by atoms with Crippen LogP contribution in [0, 0.1) is 11.6 Å². The average molecular weight is 491 g/mol. The molecule has 0 aliphatic rings. The van der Waals surface area contributed by atoms with E-state index in [0.717, 1.165) is 24.0 Å². The molecule has 0 saturated carbocycles. The molecule has 36 heavy (non-hydrogen) atoms. The lowest BCUT2D eigenvalue weighted by molar-refractivity contribution is 0.514. The zero-order valence-corrected chi connectivity index (χ0v) is 22.4. The molecular weight excluding hydrogens is 446 g/mol. The van der Waals surface area contributed by atoms with Crippen molar-refractivity contribution in [2.45, 2.75) is 104 Å². The first-order valence-electron chi connectivity index (χ1n) is 14.3. The van der Waals surface area contributed by atoms with Gasteiger partial charge < -0.3 is 0 Å². The minimum atomic E-state index is -0.771. The van der Waals surface area contributed by atoms with Gasteiger partial charge in [-0.15, -0.1) is 0 Å². The highest BCUT2D eigenvalue weighted by Crippen LogP contribution is 2.32. The van der Waals surface area contributed by atoms with Crippen LogP contribution in [0.1, 0.15) is 102 Å². The Morgan fingerprint density at radius 2 is 0.750 bits per heavy atom. The number of aryl methyl sites for hydroxylation is 2. The largest absolute Gasteiger partial charge is 0.203 e. The van der Waals surface area contributed by atoms with Crippen molar-refractivity contribution in [2.75, 3.05) is 0 Å². The summed E-state index contributed by atoms with van der Waals surface area (Å²) in [6, 6.07) is 19.3. The van der Waals surface area contributed by atoms with Gasteiger partial charge in [-0.1, -0.05) is 139 Å². The van der Waals surface area contributed by atoms with Crippen molar-refractivity contribution in [1.82, 2.24) is 0 Å². The maximum atomic E-state index is 15.1. The van der Waals surface area contributed by atoms with Crippen molar-refractivity contribution in [3.8, 4) is 22.3 Å². The number of hydrogen-bond acceptors (Lipinski definition) is 0. The smallest absolute Gasteiger partial charge is 0.167 e. The van der Waals surface area contributed by atoms with Crippen molar-refractivity contribution in [1.29, 1.82) is 0 Å². The molecule has 0 nitrogen and oxygen atoms in total. The first-order valence-corrected chi connectivity index (χ1v) is 14.3. The molecule has 0 saturated heterocycles. The minimum Gasteiger partial charge on any atom is -0.203 e. The topological polar surface area (TPSA) is 0 Å². The van der Waals surface area contributed by atoms with Crippen molar-refractivity contribution < 1.29 is 8.78 Å². The third kappa shape index (κ3) is 8.57. The van der Waals surface area contributed by atoms with Crippen molar-refractivity contribution in [3.05, 3.63) is 83.4 Å². The second kappa shape index (κ2) is 15.6. The van der Waals surface area contributed by atoms with Gasteiger partial charge in [-0.05, 0) is 47.9 Å². The quantitative estimate of drug-likeness (QED) is 0.175. The zero-order chi connectivity index (χ0) is 25.6. The van der Waals surface area contributed by atoms with Crippen LogP contribution in [0.5, 0.6) is 0 Å². The molecule has 0 aliphatic carbocycles. The molecule has 194 valence electrons. The van der Waals surface area contributed by atoms with Gasteiger partial charge in [0.2, 0.25) is 0 Å². The Balaban J connectivity index is 1.57. The van der Waals surface area contributed by atoms with Gasteiger partial charge in [-0.25, -0.2) is 8.78 Å². The van der Waals surface area contributed by atoms with E-state index in [1.807, 2.05) is 24.3 Å². The Morgan fingerprint density at radius 3 is 1.11 bits per heavy atom. The van der Waals surface area contributed by atoms with Gasteiger partial charge in [0, 0.05) is 11.1 Å². The molecule has 0 atom stereocenters. The van der Waals surface area contributed by atoms with Crippen LogP contribution in [0.15, 0.2) is 60.7 Å². The molecule has 0 fully saturated rings. The molecule has 0 bridgehead atoms. The molecule has 0 radical (unpaired) electrons. The molecule has 3 rings (SSSR count). The molecule has 0 aromatic heterocycles. The predicted octanol–water partition coefficient (Wildman–Crippen LogP) is 11.1. The van der Waals surface area contributed by atoms with Gasteiger partial charge in [-0.2, -0.15) is 0 Å². The molecule has 3 aromatic rings. The summed E-state index contributed by atoms with van der Waals surface area (Å²) in [7, 11) is 0. The summed E-state index contributed by atoms with van der Waals surface area (Å²) in [4.78, 5) is 0. The Morgan fingerprint density at radius 1 is 0.417 bits per heavy atom. The van der Waals surface area contributed by atoms with Crippen LogP contribution < -0.4 is 0 Å². The highest BCUT2D eigenvalue weighted by Gasteiger charge is 2.16. The number of hydrogen-bond donors (Lipinski definition) is 0. The van der Waals surface area contributed by atoms with Crippen LogP contribution in [-0.2, 0) is 12.8 Å². The van der Waals surface area contributed by atoms with E-state index in [4.69, 9.17) is 0 Å². The van der Waals surface area contributed by atoms with Gasteiger partial charge in [-0.3, -0.25) is 0 Å². The molecule has 0 aliphatic heterocycles. The monoisotopic (exact) mass is 490 g/mol. The Hall–Kier alpha value is -2.48. The lowest BCUT2D eigenvalue weighted by atomic mass is 9.96. The van der Waals surface area contributed by atoms with Crippen molar-refractivity contribution in [3.63, 3.8) is 0 Å². The Kier molecular flexibility index (Phi) is 12.2. The zero-order valence-electron chi connectivity index (χ0n) is 22.4. The molecule has 3 aromatic carbocycles. The summed E-state index contributed by atoms with van der Waals surface area (Å²) in [5, 5.41) is 0. The maximum absolute atomic E-state index is 15.1. The van der Waals surface area contributed by atoms with Crippen LogP contribution in [0.25, 0.3) is 22.3 Å². The van der Waals surface area contributed by atoms with E-state index < -0.39 is 11.6 Å². The molecule has 0 unspecified atom stereocenters. The van der Waals surface area contributed by atoms with Crippen molar-refractivity contribution in [2.24, 2.45) is 0 Å². The lowest BCUT2D eigenvalue weighted by Crippen LogP contribution is -1.95. The van der Waals surface area contributed by atoms with Gasteiger partial charge in [0.25, 0.3) is 0 Å². The summed E-state index contributed by atoms with van der Waals surface area (Å²) < 4.78 is 30.2. The fraction of sp³-hybridized carbons (Fsp3) is 0.471. The van der Waals surface area contributed by atoms with Crippen LogP contribution in [-0.4, -0.2) is 0 Å². The van der Waals surface area contributed by atoms with E-state index in [2.05, 4.69) is 38.1 Å². The summed E-state index contributed by atoms with van der Waals surface area (Å²) in [6.45, 7) is 4.47. The highest BCUT2D eigenvalue weighted by atomic mass is 19.2. The molecule has 2 heteroatoms. The summed E-state index contributed by atoms with van der Waals surface area (Å²) >= 11 is 0. The van der Waals surface area contributed by atoms with E-state index in [9.17, 15) is 0 Å². The standard InChI is InChI=1S/C34H44F2/c1-3-5-7-9-11-13-15-27-17-21-29(22-18-27)31-25-26-32(34(36)33(31)35)30-23-19-28(20-24-30)16-14-12-10-8-6-4-2/h17-26H,3-16H2,1-2H3. The van der Waals surface area contributed by atoms with Crippen molar-refractivity contribution >= 4 is 0 Å². The lowest BCUT2D eigenvalue weighted by Gasteiger charge is -2.11. The fourth-order valence-electron chi connectivity index (χ4n) is 4.92. The Bertz CT molecular complexity index is 934. The van der Waals surface area contributed by atoms with Crippen LogP contribution in [0.2, 0.25) is 0 Å². The average Bonchev–Trinajstić information content (AvgIpc) is 2.91. The molecule has 0 spiro atoms. The first kappa shape index (κ1) is 28.1. The SMILES string of the molecule is CCCCCCCCc1ccc(-c2ccc(-c3ccc(CCCCCCCC)cc3)c(F)c2F)cc1. The van der Waals surface area contributed by atoms with E-state index >= 15 is 8.78 Å². The second-order valence-electron chi connectivity index (χ2n) is 10.2. The van der Waals surface area contributed by atoms with Gasteiger partial charge in [0.1, 0.15) is 0 Å². The highest BCUT2D eigenvalue weighted by molar-refractivity contribution is 5.72. The molecular formula is C34H44F2. The van der Waals surface area contributed by atoms with E-state index in [1.54, 1.807) is 12.1 Å². The third-order valence-corrected chi connectivity index (χ3v) is 7.25. The van der Waals surface area contributed by atoms with E-state index in [-0.39, 0.29) is 0 Å². The number of unbranched alkanes of at least 4 members (excludes halogenated alkanes) is 10. The van der Waals surface area contributed by atoms with E-state index in [0.29, 0.717) is 11.1 Å². The maximum Gasteiger partial charge on any atom is 0.167 e. The second-order valence-corrected chi connectivity index (χ2v) is 10.2. The summed E-state index contributed by atoms with van der Waals surface area (Å²) in [5.74, 6) is -1.54. The van der Waals surface area contributed by atoms with Gasteiger partial charge in [0.15, 0.2) is 11.6 Å². The number of rotatable bonds is 16. The van der Waals surface area contributed by atoms with Gasteiger partial charge >= 0.3 is 0 Å². The van der Waals surface area contributed by atoms with Crippen LogP contribution in [0.4, 0.5) is 8.78 Å². The van der Waals surface area contributed by atoms with Crippen LogP contribution >= 0.6 is 0 Å². The predicted molar refractivity (Wildman–Crippen MR) is 151 cm³/mol. The van der Waals surface area contributed by atoms with Crippen LogP contribution in [0.3, 0.4) is 0 Å². The number of benzene rings is 3. The summed E-state index contributed by atoms with van der Waals surface area (Å²) in [6.07, 6.45) is 17.3.